The van der Waals surface area contributed by atoms with Crippen LogP contribution in [0.4, 0.5) is 0 Å². The zero-order valence-corrected chi connectivity index (χ0v) is 12.5. The van der Waals surface area contributed by atoms with Crippen LogP contribution < -0.4 is 10.1 Å². The van der Waals surface area contributed by atoms with Crippen molar-refractivity contribution in [3.8, 4) is 5.75 Å². The molecule has 1 aliphatic carbocycles. The van der Waals surface area contributed by atoms with Gasteiger partial charge < -0.3 is 15.2 Å². The first-order valence-electron chi connectivity index (χ1n) is 7.84. The molecule has 0 saturated heterocycles. The van der Waals surface area contributed by atoms with Gasteiger partial charge in [0.25, 0.3) is 0 Å². The molecule has 0 radical (unpaired) electrons. The third-order valence-corrected chi connectivity index (χ3v) is 4.24. The molecule has 1 aliphatic rings. The SMILES string of the molecule is CNC(CCO)c1cccc(OCC2CCCCC2)c1. The lowest BCUT2D eigenvalue weighted by Gasteiger charge is -2.22. The van der Waals surface area contributed by atoms with Crippen molar-refractivity contribution >= 4 is 0 Å². The van der Waals surface area contributed by atoms with E-state index in [4.69, 9.17) is 9.84 Å². The van der Waals surface area contributed by atoms with Gasteiger partial charge in [-0.3, -0.25) is 0 Å². The molecule has 112 valence electrons. The summed E-state index contributed by atoms with van der Waals surface area (Å²) in [6.07, 6.45) is 7.44. The number of ether oxygens (including phenoxy) is 1. The molecule has 1 aromatic rings. The minimum absolute atomic E-state index is 0.193. The highest BCUT2D eigenvalue weighted by Crippen LogP contribution is 2.26. The predicted molar refractivity (Wildman–Crippen MR) is 82.0 cm³/mol. The minimum Gasteiger partial charge on any atom is -0.493 e. The number of rotatable bonds is 7. The summed E-state index contributed by atoms with van der Waals surface area (Å²) >= 11 is 0. The molecule has 0 aliphatic heterocycles. The van der Waals surface area contributed by atoms with Crippen LogP contribution in [-0.2, 0) is 0 Å². The Morgan fingerprint density at radius 3 is 2.80 bits per heavy atom. The normalized spacial score (nSPS) is 17.9. The average Bonchev–Trinajstić information content (AvgIpc) is 2.52. The molecule has 20 heavy (non-hydrogen) atoms. The topological polar surface area (TPSA) is 41.5 Å². The minimum atomic E-state index is 0.193. The fourth-order valence-electron chi connectivity index (χ4n) is 3.00. The van der Waals surface area contributed by atoms with Crippen molar-refractivity contribution in [3.05, 3.63) is 29.8 Å². The summed E-state index contributed by atoms with van der Waals surface area (Å²) in [5.74, 6) is 1.68. The second kappa shape index (κ2) is 8.28. The molecule has 1 unspecified atom stereocenters. The lowest BCUT2D eigenvalue weighted by molar-refractivity contribution is 0.208. The second-order valence-corrected chi connectivity index (χ2v) is 5.74. The number of benzene rings is 1. The van der Waals surface area contributed by atoms with Gasteiger partial charge in [-0.25, -0.2) is 0 Å². The molecular formula is C17H27NO2. The fourth-order valence-corrected chi connectivity index (χ4v) is 3.00. The summed E-state index contributed by atoms with van der Waals surface area (Å²) in [6, 6.07) is 8.44. The van der Waals surface area contributed by atoms with Crippen LogP contribution in [0.3, 0.4) is 0 Å². The van der Waals surface area contributed by atoms with Crippen LogP contribution in [0.5, 0.6) is 5.75 Å². The van der Waals surface area contributed by atoms with Crippen molar-refractivity contribution in [2.45, 2.75) is 44.6 Å². The van der Waals surface area contributed by atoms with Gasteiger partial charge in [0.2, 0.25) is 0 Å². The van der Waals surface area contributed by atoms with Crippen molar-refractivity contribution in [2.75, 3.05) is 20.3 Å². The van der Waals surface area contributed by atoms with Gasteiger partial charge in [-0.1, -0.05) is 31.4 Å². The molecule has 0 amide bonds. The summed E-state index contributed by atoms with van der Waals surface area (Å²) in [4.78, 5) is 0. The Hall–Kier alpha value is -1.06. The number of hydrogen-bond donors (Lipinski definition) is 2. The molecule has 2 rings (SSSR count). The Morgan fingerprint density at radius 1 is 1.30 bits per heavy atom. The van der Waals surface area contributed by atoms with Crippen molar-refractivity contribution < 1.29 is 9.84 Å². The number of nitrogens with one attached hydrogen (secondary N) is 1. The lowest BCUT2D eigenvalue weighted by Crippen LogP contribution is -2.18. The first kappa shape index (κ1) is 15.3. The van der Waals surface area contributed by atoms with E-state index in [1.807, 2.05) is 19.2 Å². The van der Waals surface area contributed by atoms with Gasteiger partial charge in [0.05, 0.1) is 6.61 Å². The van der Waals surface area contributed by atoms with Crippen molar-refractivity contribution in [2.24, 2.45) is 5.92 Å². The Kier molecular flexibility index (Phi) is 6.34. The maximum atomic E-state index is 9.10. The predicted octanol–water partition coefficient (Wildman–Crippen LogP) is 3.29. The Labute approximate surface area is 122 Å². The maximum Gasteiger partial charge on any atom is 0.119 e. The van der Waals surface area contributed by atoms with Crippen molar-refractivity contribution in [1.29, 1.82) is 0 Å². The number of aliphatic hydroxyl groups excluding tert-OH is 1. The van der Waals surface area contributed by atoms with E-state index >= 15 is 0 Å². The van der Waals surface area contributed by atoms with Crippen LogP contribution in [0.2, 0.25) is 0 Å². The van der Waals surface area contributed by atoms with Crippen LogP contribution in [0.15, 0.2) is 24.3 Å². The lowest BCUT2D eigenvalue weighted by atomic mass is 9.90. The van der Waals surface area contributed by atoms with E-state index in [2.05, 4.69) is 17.4 Å². The first-order valence-corrected chi connectivity index (χ1v) is 7.84. The monoisotopic (exact) mass is 277 g/mol. The zero-order valence-electron chi connectivity index (χ0n) is 12.5. The van der Waals surface area contributed by atoms with Crippen LogP contribution in [-0.4, -0.2) is 25.4 Å². The maximum absolute atomic E-state index is 9.10. The summed E-state index contributed by atoms with van der Waals surface area (Å²) in [7, 11) is 1.93. The highest BCUT2D eigenvalue weighted by Gasteiger charge is 2.14. The van der Waals surface area contributed by atoms with Gasteiger partial charge in [0.15, 0.2) is 0 Å². The van der Waals surface area contributed by atoms with Crippen molar-refractivity contribution in [3.63, 3.8) is 0 Å². The first-order chi connectivity index (χ1) is 9.83. The van der Waals surface area contributed by atoms with Gasteiger partial charge in [-0.2, -0.15) is 0 Å². The molecule has 0 spiro atoms. The van der Waals surface area contributed by atoms with E-state index in [1.165, 1.54) is 37.7 Å². The van der Waals surface area contributed by atoms with E-state index in [9.17, 15) is 0 Å². The summed E-state index contributed by atoms with van der Waals surface area (Å²) < 4.78 is 5.97. The molecule has 2 N–H and O–H groups in total. The molecule has 1 aromatic carbocycles. The number of aliphatic hydroxyl groups is 1. The third-order valence-electron chi connectivity index (χ3n) is 4.24. The quantitative estimate of drug-likeness (QED) is 0.803. The fraction of sp³-hybridized carbons (Fsp3) is 0.647. The smallest absolute Gasteiger partial charge is 0.119 e. The second-order valence-electron chi connectivity index (χ2n) is 5.74. The van der Waals surface area contributed by atoms with Crippen LogP contribution in [0.25, 0.3) is 0 Å². The Balaban J connectivity index is 1.91. The third kappa shape index (κ3) is 4.50. The number of hydrogen-bond acceptors (Lipinski definition) is 3. The van der Waals surface area contributed by atoms with Crippen LogP contribution >= 0.6 is 0 Å². The van der Waals surface area contributed by atoms with Gasteiger partial charge in [-0.15, -0.1) is 0 Å². The average molecular weight is 277 g/mol. The van der Waals surface area contributed by atoms with E-state index in [1.54, 1.807) is 0 Å². The van der Waals surface area contributed by atoms with E-state index in [-0.39, 0.29) is 12.6 Å². The summed E-state index contributed by atoms with van der Waals surface area (Å²) in [6.45, 7) is 1.03. The van der Waals surface area contributed by atoms with E-state index < -0.39 is 0 Å². The van der Waals surface area contributed by atoms with Crippen LogP contribution in [0, 0.1) is 5.92 Å². The van der Waals surface area contributed by atoms with Gasteiger partial charge in [0.1, 0.15) is 5.75 Å². The largest absolute Gasteiger partial charge is 0.493 e. The van der Waals surface area contributed by atoms with Gasteiger partial charge in [0, 0.05) is 12.6 Å². The molecule has 3 nitrogen and oxygen atoms in total. The van der Waals surface area contributed by atoms with E-state index in [0.717, 1.165) is 24.7 Å². The molecule has 0 heterocycles. The molecular weight excluding hydrogens is 250 g/mol. The summed E-state index contributed by atoms with van der Waals surface area (Å²) in [5, 5.41) is 12.3. The Bertz CT molecular complexity index is 388. The van der Waals surface area contributed by atoms with Gasteiger partial charge >= 0.3 is 0 Å². The zero-order chi connectivity index (χ0) is 14.2. The van der Waals surface area contributed by atoms with Crippen LogP contribution in [0.1, 0.15) is 50.1 Å². The molecule has 1 atom stereocenters. The molecule has 3 heteroatoms. The highest BCUT2D eigenvalue weighted by molar-refractivity contribution is 5.30. The molecule has 1 saturated carbocycles. The molecule has 0 bridgehead atoms. The van der Waals surface area contributed by atoms with Crippen molar-refractivity contribution in [1.82, 2.24) is 5.32 Å². The Morgan fingerprint density at radius 2 is 2.10 bits per heavy atom. The molecule has 0 aromatic heterocycles. The van der Waals surface area contributed by atoms with Gasteiger partial charge in [-0.05, 0) is 49.9 Å². The highest BCUT2D eigenvalue weighted by atomic mass is 16.5. The van der Waals surface area contributed by atoms with E-state index in [0.29, 0.717) is 0 Å². The molecule has 1 fully saturated rings. The summed E-state index contributed by atoms with van der Waals surface area (Å²) in [5.41, 5.74) is 1.18. The standard InChI is InChI=1S/C17H27NO2/c1-18-17(10-11-19)15-8-5-9-16(12-15)20-13-14-6-3-2-4-7-14/h5,8-9,12,14,17-19H,2-4,6-7,10-11,13H2,1H3.